The number of ether oxygens (including phenoxy) is 3. The van der Waals surface area contributed by atoms with Gasteiger partial charge in [0.2, 0.25) is 0 Å². The summed E-state index contributed by atoms with van der Waals surface area (Å²) in [5.74, 6) is -5.61. The lowest BCUT2D eigenvalue weighted by molar-refractivity contribution is -0.290. The summed E-state index contributed by atoms with van der Waals surface area (Å²) >= 11 is 0. The summed E-state index contributed by atoms with van der Waals surface area (Å²) in [6.45, 7) is 9.50. The third-order valence-electron chi connectivity index (χ3n) is 7.65. The molecule has 40 heavy (non-hydrogen) atoms. The Morgan fingerprint density at radius 2 is 1.57 bits per heavy atom. The van der Waals surface area contributed by atoms with Crippen LogP contribution in [0.25, 0.3) is 0 Å². The number of hydrogen-bond acceptors (Lipinski definition) is 8. The zero-order chi connectivity index (χ0) is 29.3. The second kappa shape index (κ2) is 11.2. The predicted octanol–water partition coefficient (Wildman–Crippen LogP) is 5.09. The minimum Gasteiger partial charge on any atom is -0.493 e. The van der Waals surface area contributed by atoms with Crippen LogP contribution >= 0.6 is 0 Å². The van der Waals surface area contributed by atoms with Crippen molar-refractivity contribution in [1.82, 2.24) is 9.80 Å². The summed E-state index contributed by atoms with van der Waals surface area (Å²) in [6.07, 6.45) is -3.92. The molecule has 0 amide bonds. The van der Waals surface area contributed by atoms with E-state index in [1.807, 2.05) is 11.8 Å². The maximum absolute atomic E-state index is 14.5. The van der Waals surface area contributed by atoms with E-state index in [0.717, 1.165) is 5.84 Å². The smallest absolute Gasteiger partial charge is 0.458 e. The molecule has 1 aromatic rings. The number of piperidine rings is 1. The number of carbonyl (C=O) groups excluding carboxylic acids is 1. The molecule has 0 saturated carbocycles. The lowest BCUT2D eigenvalue weighted by atomic mass is 9.80. The third kappa shape index (κ3) is 5.80. The van der Waals surface area contributed by atoms with Gasteiger partial charge >= 0.3 is 18.1 Å². The highest BCUT2D eigenvalue weighted by Gasteiger charge is 2.61. The topological polar surface area (TPSA) is 72.8 Å². The average Bonchev–Trinajstić information content (AvgIpc) is 3.29. The first-order valence-electron chi connectivity index (χ1n) is 13.5. The van der Waals surface area contributed by atoms with Gasteiger partial charge in [0, 0.05) is 32.7 Å². The van der Waals surface area contributed by atoms with Crippen LogP contribution in [0.15, 0.2) is 17.3 Å². The van der Waals surface area contributed by atoms with Crippen molar-refractivity contribution in [1.29, 1.82) is 0 Å². The van der Waals surface area contributed by atoms with E-state index in [1.54, 1.807) is 6.92 Å². The van der Waals surface area contributed by atoms with Gasteiger partial charge in [0.05, 0.1) is 31.7 Å². The lowest BCUT2D eigenvalue weighted by Gasteiger charge is -2.46. The van der Waals surface area contributed by atoms with Crippen molar-refractivity contribution in [2.45, 2.75) is 71.2 Å². The van der Waals surface area contributed by atoms with Gasteiger partial charge < -0.3 is 23.9 Å². The van der Waals surface area contributed by atoms with Gasteiger partial charge in [-0.05, 0) is 58.2 Å². The highest BCUT2D eigenvalue weighted by atomic mass is 19.4. The number of alkyl halides is 5. The Morgan fingerprint density at radius 1 is 1.00 bits per heavy atom. The van der Waals surface area contributed by atoms with E-state index in [9.17, 15) is 26.7 Å². The van der Waals surface area contributed by atoms with Crippen molar-refractivity contribution in [3.05, 3.63) is 23.3 Å². The summed E-state index contributed by atoms with van der Waals surface area (Å²) in [4.78, 5) is 22.2. The number of nitrogens with zero attached hydrogens (tertiary/aromatic N) is 3. The van der Waals surface area contributed by atoms with Gasteiger partial charge in [-0.1, -0.05) is 5.16 Å². The van der Waals surface area contributed by atoms with E-state index in [4.69, 9.17) is 19.0 Å². The largest absolute Gasteiger partial charge is 0.493 e. The molecule has 1 spiro atoms. The number of benzene rings is 1. The molecule has 0 bridgehead atoms. The molecule has 3 heterocycles. The van der Waals surface area contributed by atoms with Crippen molar-refractivity contribution in [2.75, 3.05) is 46.0 Å². The fourth-order valence-corrected chi connectivity index (χ4v) is 5.47. The van der Waals surface area contributed by atoms with Crippen LogP contribution in [0.1, 0.15) is 58.1 Å². The Hall–Kier alpha value is -2.83. The lowest BCUT2D eigenvalue weighted by Crippen LogP contribution is -2.61. The van der Waals surface area contributed by atoms with E-state index >= 15 is 0 Å². The van der Waals surface area contributed by atoms with Crippen LogP contribution in [0.5, 0.6) is 11.5 Å². The van der Waals surface area contributed by atoms with Crippen LogP contribution in [0, 0.1) is 5.41 Å². The van der Waals surface area contributed by atoms with Crippen LogP contribution in [0.2, 0.25) is 0 Å². The fraction of sp³-hybridized carbons (Fsp3) is 0.704. The molecule has 0 aromatic heterocycles. The molecule has 4 rings (SSSR count). The predicted molar refractivity (Wildman–Crippen MR) is 135 cm³/mol. The first-order chi connectivity index (χ1) is 18.8. The molecule has 1 aromatic carbocycles. The summed E-state index contributed by atoms with van der Waals surface area (Å²) < 4.78 is 84.4. The molecule has 8 nitrogen and oxygen atoms in total. The van der Waals surface area contributed by atoms with Gasteiger partial charge in [-0.2, -0.15) is 22.0 Å². The van der Waals surface area contributed by atoms with Gasteiger partial charge in [0.15, 0.2) is 5.60 Å². The van der Waals surface area contributed by atoms with Crippen molar-refractivity contribution >= 4 is 11.8 Å². The number of oxime groups is 1. The second-order valence-corrected chi connectivity index (χ2v) is 10.8. The van der Waals surface area contributed by atoms with Crippen LogP contribution in [-0.4, -0.2) is 79.4 Å². The normalized spacial score (nSPS) is 20.5. The molecule has 13 heteroatoms. The highest BCUT2D eigenvalue weighted by molar-refractivity contribution is 5.85. The van der Waals surface area contributed by atoms with Crippen LogP contribution < -0.4 is 9.47 Å². The minimum atomic E-state index is -5.81. The SMILES string of the molecule is CCOC(=O)C1(C)CCN(C2=NOC3(C2)CN(Cc2cc(OCC)c(C(F)(F)C(F)(F)F)c(OCC)c2)C3)CC1. The molecule has 0 radical (unpaired) electrons. The van der Waals surface area contributed by atoms with Gasteiger partial charge in [0.1, 0.15) is 22.9 Å². The summed E-state index contributed by atoms with van der Waals surface area (Å²) in [5, 5.41) is 4.31. The summed E-state index contributed by atoms with van der Waals surface area (Å²) in [6, 6.07) is 2.44. The Kier molecular flexibility index (Phi) is 8.45. The molecule has 3 aliphatic heterocycles. The molecule has 2 saturated heterocycles. The molecule has 224 valence electrons. The third-order valence-corrected chi connectivity index (χ3v) is 7.65. The molecule has 0 aliphatic carbocycles. The molecular formula is C27H36F5N3O5. The number of halogens is 5. The number of hydrogen-bond donors (Lipinski definition) is 0. The number of amidine groups is 1. The minimum absolute atomic E-state index is 0.0911. The second-order valence-electron chi connectivity index (χ2n) is 10.8. The summed E-state index contributed by atoms with van der Waals surface area (Å²) in [5.41, 5.74) is -1.87. The first-order valence-corrected chi connectivity index (χ1v) is 13.5. The Labute approximate surface area is 230 Å². The molecule has 2 fully saturated rings. The zero-order valence-corrected chi connectivity index (χ0v) is 23.2. The molecular weight excluding hydrogens is 541 g/mol. The summed E-state index contributed by atoms with van der Waals surface area (Å²) in [7, 11) is 0. The van der Waals surface area contributed by atoms with Crippen LogP contribution in [0.3, 0.4) is 0 Å². The quantitative estimate of drug-likeness (QED) is 0.299. The Balaban J connectivity index is 1.39. The fourth-order valence-electron chi connectivity index (χ4n) is 5.47. The van der Waals surface area contributed by atoms with Crippen molar-refractivity contribution in [3.63, 3.8) is 0 Å². The molecule has 3 aliphatic rings. The molecule has 0 atom stereocenters. The van der Waals surface area contributed by atoms with E-state index in [-0.39, 0.29) is 25.7 Å². The maximum atomic E-state index is 14.5. The number of esters is 1. The van der Waals surface area contributed by atoms with Crippen molar-refractivity contribution in [2.24, 2.45) is 10.6 Å². The molecule has 0 unspecified atom stereocenters. The zero-order valence-electron chi connectivity index (χ0n) is 23.2. The molecule has 0 N–H and O–H groups in total. The monoisotopic (exact) mass is 577 g/mol. The highest BCUT2D eigenvalue weighted by Crippen LogP contribution is 2.51. The van der Waals surface area contributed by atoms with Crippen molar-refractivity contribution < 1.29 is 45.8 Å². The number of carbonyl (C=O) groups is 1. The van der Waals surface area contributed by atoms with Gasteiger partial charge in [0.25, 0.3) is 0 Å². The van der Waals surface area contributed by atoms with Crippen LogP contribution in [0.4, 0.5) is 22.0 Å². The number of likely N-dealkylation sites (tertiary alicyclic amines) is 2. The van der Waals surface area contributed by atoms with E-state index in [1.165, 1.54) is 26.0 Å². The van der Waals surface area contributed by atoms with Gasteiger partial charge in [-0.15, -0.1) is 0 Å². The standard InChI is InChI=1S/C27H36F5N3O5/c1-5-37-19-12-18(13-20(38-6-2)22(19)26(28,29)27(30,31)32)15-34-16-25(17-34)14-21(33-40-25)35-10-8-24(4,9-11-35)23(36)39-7-3/h12-13H,5-11,14-17H2,1-4H3. The van der Waals surface area contributed by atoms with Gasteiger partial charge in [-0.25, -0.2) is 0 Å². The van der Waals surface area contributed by atoms with E-state index < -0.39 is 40.2 Å². The maximum Gasteiger partial charge on any atom is 0.458 e. The average molecular weight is 578 g/mol. The van der Waals surface area contributed by atoms with Crippen LogP contribution in [-0.2, 0) is 26.8 Å². The van der Waals surface area contributed by atoms with E-state index in [0.29, 0.717) is 57.6 Å². The Morgan fingerprint density at radius 3 is 2.08 bits per heavy atom. The Bertz CT molecular complexity index is 1090. The number of rotatable bonds is 9. The first kappa shape index (κ1) is 30.1. The van der Waals surface area contributed by atoms with Gasteiger partial charge in [-0.3, -0.25) is 9.69 Å². The van der Waals surface area contributed by atoms with E-state index in [2.05, 4.69) is 10.1 Å². The van der Waals surface area contributed by atoms with Crippen molar-refractivity contribution in [3.8, 4) is 11.5 Å².